The molecule has 0 bridgehead atoms. The first-order valence-electron chi connectivity index (χ1n) is 24.1. The van der Waals surface area contributed by atoms with Gasteiger partial charge in [0.25, 0.3) is 11.8 Å². The number of carbonyl (C=O) groups is 2. The van der Waals surface area contributed by atoms with Gasteiger partial charge in [0.1, 0.15) is 28.8 Å². The van der Waals surface area contributed by atoms with Gasteiger partial charge < -0.3 is 19.6 Å². The van der Waals surface area contributed by atoms with E-state index in [4.69, 9.17) is 9.72 Å². The van der Waals surface area contributed by atoms with Crippen molar-refractivity contribution in [1.82, 2.24) is 19.8 Å². The number of aryl methyl sites for hydroxylation is 1. The third-order valence-electron chi connectivity index (χ3n) is 13.3. The zero-order valence-corrected chi connectivity index (χ0v) is 43.5. The number of hydrogen-bond donors (Lipinski definition) is 1. The number of benzene rings is 6. The van der Waals surface area contributed by atoms with Crippen LogP contribution >= 0.6 is 38.6 Å². The molecule has 6 aromatic carbocycles. The van der Waals surface area contributed by atoms with Crippen LogP contribution in [0.3, 0.4) is 0 Å². The van der Waals surface area contributed by atoms with Crippen molar-refractivity contribution in [1.29, 1.82) is 0 Å². The molecule has 10 aromatic rings. The Morgan fingerprint density at radius 3 is 1.61 bits per heavy atom. The van der Waals surface area contributed by atoms with Crippen molar-refractivity contribution >= 4 is 96.5 Å². The van der Waals surface area contributed by atoms with Crippen LogP contribution in [0.25, 0.3) is 46.1 Å². The Kier molecular flexibility index (Phi) is 14.0. The molecule has 6 heterocycles. The molecular formula is C62H45BrF2N4O4S2. The summed E-state index contributed by atoms with van der Waals surface area (Å²) in [7, 11) is 0. The standard InChI is InChI=1S/C37H26BrFN2O2S.C25H19FN2O2S/c38-32-20-18-28(44-32)17-19-29-30-12-7-21-40-34(30)36(43-35(25-8-3-1-4-9-25)26-10-5-2-6-11-26)33-31(29)23-41(37(33)42)22-24-13-15-27(39)16-14-24;1-15-4-9-18(31-15)10-11-19-20-3-2-12-27-23(20)24(29)22-21(19)14-28(25(22)30)13-16-5-7-17(26)8-6-16/h1-21,35H,22-23H2;2-12,29H,13-14H2,1H3/b19-17+;11-10+. The minimum Gasteiger partial charge on any atom is -0.505 e. The Morgan fingerprint density at radius 2 is 1.09 bits per heavy atom. The molecule has 0 atom stereocenters. The van der Waals surface area contributed by atoms with Crippen LogP contribution < -0.4 is 4.74 Å². The summed E-state index contributed by atoms with van der Waals surface area (Å²) in [6.45, 7) is 3.50. The van der Waals surface area contributed by atoms with Gasteiger partial charge in [0, 0.05) is 64.0 Å². The molecule has 13 heteroatoms. The summed E-state index contributed by atoms with van der Waals surface area (Å²) in [6, 6.07) is 48.3. The van der Waals surface area contributed by atoms with Crippen LogP contribution in [0.1, 0.15) is 86.0 Å². The molecule has 0 spiro atoms. The summed E-state index contributed by atoms with van der Waals surface area (Å²) in [6.07, 6.45) is 11.1. The first-order chi connectivity index (χ1) is 36.6. The van der Waals surface area contributed by atoms with Crippen molar-refractivity contribution in [3.05, 3.63) is 256 Å². The summed E-state index contributed by atoms with van der Waals surface area (Å²) in [5.41, 5.74) is 8.98. The van der Waals surface area contributed by atoms with Crippen LogP contribution in [0.5, 0.6) is 11.5 Å². The first kappa shape index (κ1) is 49.1. The monoisotopic (exact) mass is 1090 g/mol. The number of fused-ring (bicyclic) bond motifs is 4. The number of nitrogens with zero attached hydrogens (tertiary/aromatic N) is 4. The fourth-order valence-corrected chi connectivity index (χ4v) is 11.8. The maximum atomic E-state index is 14.3. The van der Waals surface area contributed by atoms with Crippen LogP contribution in [-0.2, 0) is 26.2 Å². The highest BCUT2D eigenvalue weighted by Gasteiger charge is 2.37. The van der Waals surface area contributed by atoms with Gasteiger partial charge in [0.05, 0.1) is 14.9 Å². The predicted molar refractivity (Wildman–Crippen MR) is 299 cm³/mol. The largest absolute Gasteiger partial charge is 0.505 e. The number of halogens is 3. The van der Waals surface area contributed by atoms with Crippen molar-refractivity contribution in [2.24, 2.45) is 0 Å². The molecule has 0 saturated heterocycles. The number of pyridine rings is 2. The van der Waals surface area contributed by atoms with E-state index in [-0.39, 0.29) is 29.2 Å². The molecule has 0 radical (unpaired) electrons. The number of thiophene rings is 2. The van der Waals surface area contributed by atoms with E-state index in [1.165, 1.54) is 29.1 Å². The average molecular weight is 1090 g/mol. The summed E-state index contributed by atoms with van der Waals surface area (Å²) in [5, 5.41) is 12.6. The van der Waals surface area contributed by atoms with E-state index >= 15 is 0 Å². The topological polar surface area (TPSA) is 95.9 Å². The smallest absolute Gasteiger partial charge is 0.258 e. The summed E-state index contributed by atoms with van der Waals surface area (Å²) in [4.78, 5) is 43.6. The Labute approximate surface area is 448 Å². The van der Waals surface area contributed by atoms with Crippen molar-refractivity contribution in [3.8, 4) is 11.5 Å². The van der Waals surface area contributed by atoms with Crippen molar-refractivity contribution in [2.75, 3.05) is 0 Å². The van der Waals surface area contributed by atoms with E-state index in [0.717, 1.165) is 68.8 Å². The van der Waals surface area contributed by atoms with Crippen LogP contribution in [-0.4, -0.2) is 36.7 Å². The minimum absolute atomic E-state index is 0.0821. The number of carbonyl (C=O) groups excluding carboxylic acids is 2. The highest BCUT2D eigenvalue weighted by atomic mass is 79.9. The van der Waals surface area contributed by atoms with Crippen molar-refractivity contribution < 1.29 is 28.2 Å². The van der Waals surface area contributed by atoms with Crippen LogP contribution in [0.4, 0.5) is 8.78 Å². The van der Waals surface area contributed by atoms with Crippen LogP contribution in [0.2, 0.25) is 0 Å². The number of hydrogen-bond acceptors (Lipinski definition) is 8. The van der Waals surface area contributed by atoms with Gasteiger partial charge in [-0.05, 0) is 140 Å². The maximum absolute atomic E-state index is 14.3. The van der Waals surface area contributed by atoms with Gasteiger partial charge in [-0.2, -0.15) is 0 Å². The first-order valence-corrected chi connectivity index (χ1v) is 26.6. The average Bonchev–Trinajstić information content (AvgIpc) is 4.22. The normalized spacial score (nSPS) is 13.1. The van der Waals surface area contributed by atoms with Gasteiger partial charge in [-0.25, -0.2) is 8.78 Å². The van der Waals surface area contributed by atoms with Gasteiger partial charge in [0.2, 0.25) is 0 Å². The highest BCUT2D eigenvalue weighted by Crippen LogP contribution is 2.45. The lowest BCUT2D eigenvalue weighted by Crippen LogP contribution is -2.23. The van der Waals surface area contributed by atoms with Crippen LogP contribution in [0.15, 0.2) is 174 Å². The summed E-state index contributed by atoms with van der Waals surface area (Å²) < 4.78 is 34.9. The lowest BCUT2D eigenvalue weighted by molar-refractivity contribution is 0.0756. The lowest BCUT2D eigenvalue weighted by atomic mass is 9.95. The van der Waals surface area contributed by atoms with Crippen molar-refractivity contribution in [2.45, 2.75) is 39.2 Å². The number of aromatic hydroxyl groups is 1. The third-order valence-corrected chi connectivity index (χ3v) is 15.8. The molecule has 0 unspecified atom stereocenters. The number of phenols is 1. The van der Waals surface area contributed by atoms with E-state index in [0.29, 0.717) is 54.1 Å². The second-order valence-corrected chi connectivity index (χ2v) is 22.0. The number of amides is 2. The molecule has 2 aliphatic rings. The van der Waals surface area contributed by atoms with Gasteiger partial charge >= 0.3 is 0 Å². The molecule has 75 heavy (non-hydrogen) atoms. The molecule has 1 N–H and O–H groups in total. The quantitative estimate of drug-likeness (QED) is 0.131. The Bertz CT molecular complexity index is 3790. The molecular weight excluding hydrogens is 1050 g/mol. The molecule has 4 aromatic heterocycles. The second-order valence-electron chi connectivity index (χ2n) is 18.2. The zero-order valence-electron chi connectivity index (χ0n) is 40.3. The Morgan fingerprint density at radius 1 is 0.600 bits per heavy atom. The molecule has 370 valence electrons. The lowest BCUT2D eigenvalue weighted by Gasteiger charge is -2.23. The number of ether oxygens (including phenoxy) is 1. The van der Waals surface area contributed by atoms with Gasteiger partial charge in [-0.3, -0.25) is 19.6 Å². The fraction of sp³-hybridized carbons (Fsp3) is 0.0968. The summed E-state index contributed by atoms with van der Waals surface area (Å²) in [5.74, 6) is -0.618. The number of aromatic nitrogens is 2. The van der Waals surface area contributed by atoms with E-state index in [2.05, 4.69) is 58.2 Å². The SMILES string of the molecule is Cc1ccc(/C=C/c2c3c(c(O)c4ncccc24)C(=O)N(Cc2ccc(F)cc2)C3)s1.O=C1c2c(c(/C=C/c3ccc(Br)s3)c3cccnc3c2OC(c2ccccc2)c2ccccc2)CN1Cc1ccc(F)cc1. The van der Waals surface area contributed by atoms with Crippen molar-refractivity contribution in [3.63, 3.8) is 0 Å². The predicted octanol–water partition coefficient (Wildman–Crippen LogP) is 15.5. The Hall–Kier alpha value is -8.10. The second kappa shape index (κ2) is 21.4. The highest BCUT2D eigenvalue weighted by molar-refractivity contribution is 9.11. The molecule has 2 amide bonds. The van der Waals surface area contributed by atoms with Gasteiger partial charge in [-0.1, -0.05) is 109 Å². The van der Waals surface area contributed by atoms with Gasteiger partial charge in [0.15, 0.2) is 11.5 Å². The molecule has 8 nitrogen and oxygen atoms in total. The number of phenolic OH excluding ortho intramolecular Hbond substituents is 1. The molecule has 0 fully saturated rings. The molecule has 2 aliphatic heterocycles. The molecule has 0 saturated carbocycles. The minimum atomic E-state index is -0.462. The van der Waals surface area contributed by atoms with E-state index in [1.807, 2.05) is 103 Å². The Balaban J connectivity index is 0.000000171. The zero-order chi connectivity index (χ0) is 51.6. The fourth-order valence-electron chi connectivity index (χ4n) is 9.72. The van der Waals surface area contributed by atoms with E-state index in [1.54, 1.807) is 69.1 Å². The van der Waals surface area contributed by atoms with E-state index in [9.17, 15) is 23.5 Å². The number of rotatable bonds is 12. The molecule has 0 aliphatic carbocycles. The van der Waals surface area contributed by atoms with Gasteiger partial charge in [-0.15, -0.1) is 22.7 Å². The molecule has 12 rings (SSSR count). The maximum Gasteiger partial charge on any atom is 0.258 e. The van der Waals surface area contributed by atoms with E-state index < -0.39 is 6.10 Å². The third kappa shape index (κ3) is 10.3. The van der Waals surface area contributed by atoms with Crippen LogP contribution in [0, 0.1) is 18.6 Å². The summed E-state index contributed by atoms with van der Waals surface area (Å²) >= 11 is 6.88.